The summed E-state index contributed by atoms with van der Waals surface area (Å²) >= 11 is 0. The van der Waals surface area contributed by atoms with E-state index < -0.39 is 0 Å². The molecule has 0 aromatic heterocycles. The lowest BCUT2D eigenvalue weighted by Gasteiger charge is -2.27. The molecule has 0 radical (unpaired) electrons. The van der Waals surface area contributed by atoms with Crippen molar-refractivity contribution in [1.82, 2.24) is 0 Å². The maximum atomic E-state index is 6.01. The van der Waals surface area contributed by atoms with E-state index in [0.717, 1.165) is 5.75 Å². The Morgan fingerprint density at radius 2 is 1.79 bits per heavy atom. The standard InChI is InChI=1S/C17H29NO/c1-12(2)16-14(17(4,5)6)8-7-9-15(16)19-11-13(3)10-18/h7-9,12-13H,10-11,18H2,1-6H3. The summed E-state index contributed by atoms with van der Waals surface area (Å²) in [6, 6.07) is 6.39. The average molecular weight is 263 g/mol. The lowest BCUT2D eigenvalue weighted by atomic mass is 9.80. The minimum absolute atomic E-state index is 0.137. The van der Waals surface area contributed by atoms with Crippen molar-refractivity contribution in [1.29, 1.82) is 0 Å². The van der Waals surface area contributed by atoms with Crippen LogP contribution < -0.4 is 10.5 Å². The first-order valence-corrected chi connectivity index (χ1v) is 7.23. The predicted octanol–water partition coefficient (Wildman–Crippen LogP) is 4.08. The molecule has 2 nitrogen and oxygen atoms in total. The Morgan fingerprint density at radius 1 is 1.16 bits per heavy atom. The summed E-state index contributed by atoms with van der Waals surface area (Å²) in [7, 11) is 0. The zero-order chi connectivity index (χ0) is 14.6. The van der Waals surface area contributed by atoms with Crippen molar-refractivity contribution in [3.8, 4) is 5.75 Å². The number of hydrogen-bond donors (Lipinski definition) is 1. The van der Waals surface area contributed by atoms with Crippen molar-refractivity contribution in [3.05, 3.63) is 29.3 Å². The smallest absolute Gasteiger partial charge is 0.123 e. The summed E-state index contributed by atoms with van der Waals surface area (Å²) in [5.41, 5.74) is 8.50. The van der Waals surface area contributed by atoms with Crippen LogP contribution in [0.25, 0.3) is 0 Å². The molecule has 108 valence electrons. The number of ether oxygens (including phenoxy) is 1. The van der Waals surface area contributed by atoms with Crippen molar-refractivity contribution in [2.24, 2.45) is 11.7 Å². The summed E-state index contributed by atoms with van der Waals surface area (Å²) in [5, 5.41) is 0. The zero-order valence-electron chi connectivity index (χ0n) is 13.3. The highest BCUT2D eigenvalue weighted by molar-refractivity contribution is 5.45. The fraction of sp³-hybridized carbons (Fsp3) is 0.647. The largest absolute Gasteiger partial charge is 0.493 e. The molecule has 1 rings (SSSR count). The second kappa shape index (κ2) is 6.42. The van der Waals surface area contributed by atoms with Crippen molar-refractivity contribution in [2.45, 2.75) is 52.9 Å². The van der Waals surface area contributed by atoms with Gasteiger partial charge in [0.15, 0.2) is 0 Å². The Bertz CT molecular complexity index is 404. The van der Waals surface area contributed by atoms with Crippen LogP contribution in [0.4, 0.5) is 0 Å². The van der Waals surface area contributed by atoms with E-state index in [4.69, 9.17) is 10.5 Å². The Hall–Kier alpha value is -1.02. The van der Waals surface area contributed by atoms with Gasteiger partial charge in [0, 0.05) is 11.5 Å². The third-order valence-corrected chi connectivity index (χ3v) is 3.38. The first-order chi connectivity index (χ1) is 8.77. The van der Waals surface area contributed by atoms with E-state index in [1.54, 1.807) is 0 Å². The summed E-state index contributed by atoms with van der Waals surface area (Å²) in [6.07, 6.45) is 0. The van der Waals surface area contributed by atoms with E-state index in [0.29, 0.717) is 25.0 Å². The van der Waals surface area contributed by atoms with E-state index in [1.165, 1.54) is 11.1 Å². The maximum Gasteiger partial charge on any atom is 0.123 e. The van der Waals surface area contributed by atoms with Gasteiger partial charge in [-0.15, -0.1) is 0 Å². The quantitative estimate of drug-likeness (QED) is 0.868. The molecular weight excluding hydrogens is 234 g/mol. The van der Waals surface area contributed by atoms with Crippen LogP contribution in [0, 0.1) is 5.92 Å². The van der Waals surface area contributed by atoms with Gasteiger partial charge in [-0.05, 0) is 29.5 Å². The molecule has 1 aromatic rings. The third-order valence-electron chi connectivity index (χ3n) is 3.38. The molecule has 0 fully saturated rings. The molecule has 1 unspecified atom stereocenters. The van der Waals surface area contributed by atoms with Crippen LogP contribution in [-0.4, -0.2) is 13.2 Å². The fourth-order valence-corrected chi connectivity index (χ4v) is 2.22. The number of nitrogens with two attached hydrogens (primary N) is 1. The van der Waals surface area contributed by atoms with E-state index >= 15 is 0 Å². The third kappa shape index (κ3) is 4.24. The average Bonchev–Trinajstić information content (AvgIpc) is 2.34. The van der Waals surface area contributed by atoms with Gasteiger partial charge in [-0.3, -0.25) is 0 Å². The molecule has 0 heterocycles. The Labute approximate surface area is 118 Å². The van der Waals surface area contributed by atoms with Gasteiger partial charge in [0.1, 0.15) is 5.75 Å². The minimum Gasteiger partial charge on any atom is -0.493 e. The molecule has 0 saturated heterocycles. The van der Waals surface area contributed by atoms with Crippen molar-refractivity contribution >= 4 is 0 Å². The van der Waals surface area contributed by atoms with Crippen LogP contribution in [0.1, 0.15) is 58.6 Å². The number of rotatable bonds is 5. The monoisotopic (exact) mass is 263 g/mol. The molecule has 2 heteroatoms. The maximum absolute atomic E-state index is 6.01. The van der Waals surface area contributed by atoms with Gasteiger partial charge in [0.05, 0.1) is 6.61 Å². The van der Waals surface area contributed by atoms with E-state index in [-0.39, 0.29) is 5.41 Å². The molecule has 0 spiro atoms. The molecule has 1 aromatic carbocycles. The van der Waals surface area contributed by atoms with E-state index in [9.17, 15) is 0 Å². The highest BCUT2D eigenvalue weighted by atomic mass is 16.5. The van der Waals surface area contributed by atoms with Crippen molar-refractivity contribution in [2.75, 3.05) is 13.2 Å². The number of benzene rings is 1. The predicted molar refractivity (Wildman–Crippen MR) is 82.9 cm³/mol. The Kier molecular flexibility index (Phi) is 5.42. The van der Waals surface area contributed by atoms with Crippen LogP contribution in [0.5, 0.6) is 5.75 Å². The normalized spacial score (nSPS) is 13.7. The molecule has 0 aliphatic carbocycles. The van der Waals surface area contributed by atoms with Gasteiger partial charge in [-0.25, -0.2) is 0 Å². The molecule has 1 atom stereocenters. The van der Waals surface area contributed by atoms with Crippen molar-refractivity contribution < 1.29 is 4.74 Å². The first kappa shape index (κ1) is 16.0. The summed E-state index contributed by atoms with van der Waals surface area (Å²) < 4.78 is 6.01. The van der Waals surface area contributed by atoms with Gasteiger partial charge in [-0.1, -0.05) is 53.7 Å². The summed E-state index contributed by atoms with van der Waals surface area (Å²) in [5.74, 6) is 1.86. The van der Waals surface area contributed by atoms with Gasteiger partial charge in [0.2, 0.25) is 0 Å². The van der Waals surface area contributed by atoms with Crippen LogP contribution in [0.15, 0.2) is 18.2 Å². The molecule has 0 aliphatic heterocycles. The SMILES string of the molecule is CC(CN)COc1cccc(C(C)(C)C)c1C(C)C. The molecular formula is C17H29NO. The lowest BCUT2D eigenvalue weighted by Crippen LogP contribution is -2.20. The van der Waals surface area contributed by atoms with Crippen molar-refractivity contribution in [3.63, 3.8) is 0 Å². The van der Waals surface area contributed by atoms with Crippen LogP contribution >= 0.6 is 0 Å². The minimum atomic E-state index is 0.137. The van der Waals surface area contributed by atoms with E-state index in [1.807, 2.05) is 0 Å². The Balaban J connectivity index is 3.11. The van der Waals surface area contributed by atoms with Gasteiger partial charge >= 0.3 is 0 Å². The Morgan fingerprint density at radius 3 is 2.26 bits per heavy atom. The molecule has 0 saturated carbocycles. The lowest BCUT2D eigenvalue weighted by molar-refractivity contribution is 0.260. The zero-order valence-corrected chi connectivity index (χ0v) is 13.3. The van der Waals surface area contributed by atoms with Crippen LogP contribution in [-0.2, 0) is 5.41 Å². The number of hydrogen-bond acceptors (Lipinski definition) is 2. The van der Waals surface area contributed by atoms with Gasteiger partial charge in [-0.2, -0.15) is 0 Å². The summed E-state index contributed by atoms with van der Waals surface area (Å²) in [6.45, 7) is 14.7. The molecule has 2 N–H and O–H groups in total. The van der Waals surface area contributed by atoms with E-state index in [2.05, 4.69) is 59.7 Å². The summed E-state index contributed by atoms with van der Waals surface area (Å²) in [4.78, 5) is 0. The molecule has 0 aliphatic rings. The van der Waals surface area contributed by atoms with Gasteiger partial charge < -0.3 is 10.5 Å². The second-order valence-corrected chi connectivity index (χ2v) is 6.77. The molecule has 0 amide bonds. The van der Waals surface area contributed by atoms with Crippen LogP contribution in [0.3, 0.4) is 0 Å². The highest BCUT2D eigenvalue weighted by Gasteiger charge is 2.22. The second-order valence-electron chi connectivity index (χ2n) is 6.77. The van der Waals surface area contributed by atoms with Crippen LogP contribution in [0.2, 0.25) is 0 Å². The molecule has 19 heavy (non-hydrogen) atoms. The fourth-order valence-electron chi connectivity index (χ4n) is 2.22. The van der Waals surface area contributed by atoms with Gasteiger partial charge in [0.25, 0.3) is 0 Å². The topological polar surface area (TPSA) is 35.2 Å². The molecule has 0 bridgehead atoms. The first-order valence-electron chi connectivity index (χ1n) is 7.23. The highest BCUT2D eigenvalue weighted by Crippen LogP contribution is 2.36.